The molecular formula is C18H30O2. The first-order valence-electron chi connectivity index (χ1n) is 8.15. The molecule has 0 radical (unpaired) electrons. The third kappa shape index (κ3) is 4.22. The molecule has 0 spiro atoms. The van der Waals surface area contributed by atoms with Crippen molar-refractivity contribution in [3.05, 3.63) is 23.8 Å². The van der Waals surface area contributed by atoms with Crippen LogP contribution in [0.4, 0.5) is 0 Å². The lowest BCUT2D eigenvalue weighted by molar-refractivity contribution is -0.145. The van der Waals surface area contributed by atoms with Gasteiger partial charge in [0, 0.05) is 12.0 Å². The highest BCUT2D eigenvalue weighted by molar-refractivity contribution is 5.93. The lowest BCUT2D eigenvalue weighted by Crippen LogP contribution is -2.27. The standard InChI is InChI=1S/C18H30O2/c1-5-8-10-12-15-16(13-11-9-6-2)18(4,14-7-3)20-17(15)19/h7H,3,5-6,8-14H2,1-2,4H3. The summed E-state index contributed by atoms with van der Waals surface area (Å²) < 4.78 is 5.69. The quantitative estimate of drug-likeness (QED) is 0.306. The molecule has 0 fully saturated rings. The van der Waals surface area contributed by atoms with Crippen LogP contribution in [-0.4, -0.2) is 11.6 Å². The molecule has 0 aromatic rings. The average Bonchev–Trinajstić information content (AvgIpc) is 2.63. The van der Waals surface area contributed by atoms with Crippen LogP contribution in [0.2, 0.25) is 0 Å². The Morgan fingerprint density at radius 1 is 1.10 bits per heavy atom. The molecule has 0 bridgehead atoms. The fraction of sp³-hybridized carbons (Fsp3) is 0.722. The number of cyclic esters (lactones) is 1. The zero-order valence-corrected chi connectivity index (χ0v) is 13.5. The van der Waals surface area contributed by atoms with Gasteiger partial charge in [0.25, 0.3) is 0 Å². The van der Waals surface area contributed by atoms with Gasteiger partial charge in [-0.2, -0.15) is 0 Å². The maximum atomic E-state index is 12.2. The number of hydrogen-bond acceptors (Lipinski definition) is 2. The molecule has 20 heavy (non-hydrogen) atoms. The molecule has 0 aromatic carbocycles. The van der Waals surface area contributed by atoms with Crippen molar-refractivity contribution in [1.29, 1.82) is 0 Å². The van der Waals surface area contributed by atoms with Crippen molar-refractivity contribution in [2.45, 2.75) is 84.2 Å². The third-order valence-corrected chi connectivity index (χ3v) is 4.16. The number of carbonyl (C=O) groups is 1. The molecule has 1 aliphatic heterocycles. The van der Waals surface area contributed by atoms with Gasteiger partial charge in [-0.3, -0.25) is 0 Å². The molecule has 114 valence electrons. The van der Waals surface area contributed by atoms with Crippen LogP contribution in [0.5, 0.6) is 0 Å². The molecule has 2 heteroatoms. The first kappa shape index (κ1) is 17.0. The Morgan fingerprint density at radius 2 is 1.70 bits per heavy atom. The lowest BCUT2D eigenvalue weighted by atomic mass is 9.85. The molecule has 0 saturated heterocycles. The smallest absolute Gasteiger partial charge is 0.334 e. The second kappa shape index (κ2) is 8.28. The van der Waals surface area contributed by atoms with Crippen LogP contribution in [0.15, 0.2) is 23.8 Å². The lowest BCUT2D eigenvalue weighted by Gasteiger charge is -2.25. The normalized spacial score (nSPS) is 22.2. The first-order chi connectivity index (χ1) is 9.59. The van der Waals surface area contributed by atoms with Gasteiger partial charge in [0.15, 0.2) is 0 Å². The Kier molecular flexibility index (Phi) is 7.04. The van der Waals surface area contributed by atoms with E-state index in [1.54, 1.807) is 0 Å². The van der Waals surface area contributed by atoms with E-state index in [-0.39, 0.29) is 5.97 Å². The summed E-state index contributed by atoms with van der Waals surface area (Å²) in [5.41, 5.74) is 1.76. The van der Waals surface area contributed by atoms with E-state index in [9.17, 15) is 4.79 Å². The van der Waals surface area contributed by atoms with Crippen molar-refractivity contribution >= 4 is 5.97 Å². The van der Waals surface area contributed by atoms with E-state index in [0.29, 0.717) is 0 Å². The zero-order valence-electron chi connectivity index (χ0n) is 13.5. The van der Waals surface area contributed by atoms with Gasteiger partial charge in [-0.05, 0) is 38.2 Å². The maximum absolute atomic E-state index is 12.2. The summed E-state index contributed by atoms with van der Waals surface area (Å²) in [7, 11) is 0. The van der Waals surface area contributed by atoms with E-state index >= 15 is 0 Å². The van der Waals surface area contributed by atoms with Crippen LogP contribution in [0, 0.1) is 0 Å². The fourth-order valence-corrected chi connectivity index (χ4v) is 2.98. The molecule has 2 nitrogen and oxygen atoms in total. The van der Waals surface area contributed by atoms with Gasteiger partial charge >= 0.3 is 5.97 Å². The van der Waals surface area contributed by atoms with E-state index in [2.05, 4.69) is 20.4 Å². The Balaban J connectivity index is 2.87. The molecule has 0 amide bonds. The molecule has 0 aromatic heterocycles. The maximum Gasteiger partial charge on any atom is 0.334 e. The first-order valence-corrected chi connectivity index (χ1v) is 8.15. The van der Waals surface area contributed by atoms with Crippen LogP contribution in [0.25, 0.3) is 0 Å². The molecule has 0 N–H and O–H groups in total. The molecule has 1 aliphatic rings. The Bertz CT molecular complexity index is 368. The van der Waals surface area contributed by atoms with Crippen LogP contribution in [0.1, 0.15) is 78.6 Å². The number of rotatable bonds is 10. The molecule has 1 heterocycles. The summed E-state index contributed by atoms with van der Waals surface area (Å²) in [4.78, 5) is 12.2. The monoisotopic (exact) mass is 278 g/mol. The average molecular weight is 278 g/mol. The molecule has 0 aliphatic carbocycles. The second-order valence-corrected chi connectivity index (χ2v) is 5.98. The molecular weight excluding hydrogens is 248 g/mol. The predicted octanol–water partition coefficient (Wildman–Crippen LogP) is 5.34. The van der Waals surface area contributed by atoms with Crippen LogP contribution >= 0.6 is 0 Å². The fourth-order valence-electron chi connectivity index (χ4n) is 2.98. The van der Waals surface area contributed by atoms with Gasteiger partial charge in [0.05, 0.1) is 0 Å². The minimum atomic E-state index is -0.436. The minimum Gasteiger partial charge on any atom is -0.451 e. The summed E-state index contributed by atoms with van der Waals surface area (Å²) in [5, 5.41) is 0. The molecule has 1 rings (SSSR count). The summed E-state index contributed by atoms with van der Waals surface area (Å²) >= 11 is 0. The minimum absolute atomic E-state index is 0.0862. The molecule has 1 atom stereocenters. The summed E-state index contributed by atoms with van der Waals surface area (Å²) in [6.45, 7) is 10.2. The highest BCUT2D eigenvalue weighted by Crippen LogP contribution is 2.40. The summed E-state index contributed by atoms with van der Waals surface area (Å²) in [6.07, 6.45) is 11.4. The summed E-state index contributed by atoms with van der Waals surface area (Å²) in [6, 6.07) is 0. The van der Waals surface area contributed by atoms with E-state index in [4.69, 9.17) is 4.74 Å². The van der Waals surface area contributed by atoms with E-state index in [1.165, 1.54) is 31.3 Å². The molecule has 0 saturated carbocycles. The Hall–Kier alpha value is -1.05. The Labute approximate surface area is 124 Å². The highest BCUT2D eigenvalue weighted by Gasteiger charge is 2.41. The predicted molar refractivity (Wildman–Crippen MR) is 84.6 cm³/mol. The third-order valence-electron chi connectivity index (χ3n) is 4.16. The van der Waals surface area contributed by atoms with Gasteiger partial charge < -0.3 is 4.74 Å². The summed E-state index contributed by atoms with van der Waals surface area (Å²) in [5.74, 6) is -0.0862. The largest absolute Gasteiger partial charge is 0.451 e. The topological polar surface area (TPSA) is 26.3 Å². The van der Waals surface area contributed by atoms with Crippen molar-refractivity contribution in [3.63, 3.8) is 0 Å². The van der Waals surface area contributed by atoms with E-state index in [0.717, 1.165) is 37.7 Å². The van der Waals surface area contributed by atoms with Gasteiger partial charge in [-0.25, -0.2) is 4.79 Å². The Morgan fingerprint density at radius 3 is 2.25 bits per heavy atom. The number of unbranched alkanes of at least 4 members (excludes halogenated alkanes) is 4. The second-order valence-electron chi connectivity index (χ2n) is 5.98. The zero-order chi connectivity index (χ0) is 15.0. The van der Waals surface area contributed by atoms with Crippen LogP contribution in [0.3, 0.4) is 0 Å². The van der Waals surface area contributed by atoms with Gasteiger partial charge in [0.1, 0.15) is 5.60 Å². The molecule has 1 unspecified atom stereocenters. The van der Waals surface area contributed by atoms with Crippen molar-refractivity contribution in [2.24, 2.45) is 0 Å². The number of ether oxygens (including phenoxy) is 1. The number of esters is 1. The van der Waals surface area contributed by atoms with Gasteiger partial charge in [-0.1, -0.05) is 45.6 Å². The van der Waals surface area contributed by atoms with Crippen molar-refractivity contribution in [1.82, 2.24) is 0 Å². The van der Waals surface area contributed by atoms with Gasteiger partial charge in [-0.15, -0.1) is 6.58 Å². The number of hydrogen-bond donors (Lipinski definition) is 0. The van der Waals surface area contributed by atoms with Gasteiger partial charge in [0.2, 0.25) is 0 Å². The van der Waals surface area contributed by atoms with Crippen molar-refractivity contribution in [2.75, 3.05) is 0 Å². The van der Waals surface area contributed by atoms with Crippen molar-refractivity contribution in [3.8, 4) is 0 Å². The SMILES string of the molecule is C=CCC1(C)OC(=O)C(CCCCC)=C1CCCCC. The van der Waals surface area contributed by atoms with Crippen molar-refractivity contribution < 1.29 is 9.53 Å². The van der Waals surface area contributed by atoms with E-state index in [1.807, 2.05) is 13.0 Å². The number of carbonyl (C=O) groups excluding carboxylic acids is 1. The van der Waals surface area contributed by atoms with E-state index < -0.39 is 5.60 Å². The van der Waals surface area contributed by atoms with Crippen LogP contribution in [-0.2, 0) is 9.53 Å². The highest BCUT2D eigenvalue weighted by atomic mass is 16.6. The van der Waals surface area contributed by atoms with Crippen LogP contribution < -0.4 is 0 Å².